The molecular weight excluding hydrogens is 314 g/mol. The van der Waals surface area contributed by atoms with Crippen LogP contribution >= 0.6 is 0 Å². The Hall–Kier alpha value is -3.02. The number of tetrazole rings is 1. The van der Waals surface area contributed by atoms with Crippen molar-refractivity contribution in [1.29, 1.82) is 0 Å². The van der Waals surface area contributed by atoms with Crippen LogP contribution in [0.3, 0.4) is 0 Å². The van der Waals surface area contributed by atoms with E-state index in [0.29, 0.717) is 17.1 Å². The first-order valence-corrected chi connectivity index (χ1v) is 8.43. The van der Waals surface area contributed by atoms with Gasteiger partial charge >= 0.3 is 0 Å². The van der Waals surface area contributed by atoms with Crippen LogP contribution < -0.4 is 5.32 Å². The van der Waals surface area contributed by atoms with Gasteiger partial charge in [-0.05, 0) is 66.1 Å². The number of carbonyl (C=O) groups is 1. The first kappa shape index (κ1) is 16.8. The molecule has 0 aliphatic rings. The maximum Gasteiger partial charge on any atom is 0.255 e. The summed E-state index contributed by atoms with van der Waals surface area (Å²) in [5.41, 5.74) is 3.40. The van der Waals surface area contributed by atoms with E-state index in [-0.39, 0.29) is 5.91 Å². The van der Waals surface area contributed by atoms with Crippen LogP contribution in [-0.2, 0) is 6.42 Å². The summed E-state index contributed by atoms with van der Waals surface area (Å²) < 4.78 is 1.62. The van der Waals surface area contributed by atoms with Crippen molar-refractivity contribution in [3.63, 3.8) is 0 Å². The zero-order valence-electron chi connectivity index (χ0n) is 14.4. The summed E-state index contributed by atoms with van der Waals surface area (Å²) in [7, 11) is 0. The molecule has 25 heavy (non-hydrogen) atoms. The summed E-state index contributed by atoms with van der Waals surface area (Å²) in [6.07, 6.45) is 3.37. The molecule has 128 valence electrons. The molecule has 0 spiro atoms. The van der Waals surface area contributed by atoms with Crippen LogP contribution in [0.1, 0.15) is 41.5 Å². The van der Waals surface area contributed by atoms with Crippen molar-refractivity contribution in [3.8, 4) is 5.69 Å². The van der Waals surface area contributed by atoms with Crippen molar-refractivity contribution in [2.24, 2.45) is 0 Å². The van der Waals surface area contributed by atoms with E-state index < -0.39 is 0 Å². The monoisotopic (exact) mass is 335 g/mol. The van der Waals surface area contributed by atoms with Crippen molar-refractivity contribution in [2.75, 3.05) is 5.32 Å². The fourth-order valence-corrected chi connectivity index (χ4v) is 2.59. The van der Waals surface area contributed by atoms with E-state index in [2.05, 4.69) is 27.8 Å². The minimum atomic E-state index is -0.132. The van der Waals surface area contributed by atoms with Crippen LogP contribution in [0.25, 0.3) is 5.69 Å². The Bertz CT molecular complexity index is 854. The summed E-state index contributed by atoms with van der Waals surface area (Å²) in [6, 6.07) is 15.2. The van der Waals surface area contributed by atoms with Gasteiger partial charge in [-0.15, -0.1) is 5.10 Å². The molecule has 6 nitrogen and oxygen atoms in total. The molecule has 1 aromatic heterocycles. The molecule has 0 bridgehead atoms. The minimum absolute atomic E-state index is 0.132. The molecule has 0 aliphatic heterocycles. The molecule has 6 heteroatoms. The molecule has 1 heterocycles. The fourth-order valence-electron chi connectivity index (χ4n) is 2.59. The maximum absolute atomic E-state index is 12.4. The van der Waals surface area contributed by atoms with Gasteiger partial charge in [-0.2, -0.15) is 4.68 Å². The fraction of sp³-hybridized carbons (Fsp3) is 0.263. The largest absolute Gasteiger partial charge is 0.322 e. The number of aromatic nitrogens is 4. The molecule has 1 N–H and O–H groups in total. The third-order valence-electron chi connectivity index (χ3n) is 4.01. The Morgan fingerprint density at radius 2 is 1.96 bits per heavy atom. The molecular formula is C19H21N5O. The average molecular weight is 335 g/mol. The second-order valence-corrected chi connectivity index (χ2v) is 5.94. The zero-order valence-corrected chi connectivity index (χ0v) is 14.4. The SMILES string of the molecule is CCCCc1ccc(C(=O)Nc2cccc(-n3nnnc3C)c2)cc1. The molecule has 0 fully saturated rings. The lowest BCUT2D eigenvalue weighted by Gasteiger charge is -2.08. The minimum Gasteiger partial charge on any atom is -0.322 e. The van der Waals surface area contributed by atoms with Gasteiger partial charge in [0.25, 0.3) is 5.91 Å². The number of anilines is 1. The molecule has 2 aromatic carbocycles. The molecule has 0 radical (unpaired) electrons. The number of aryl methyl sites for hydroxylation is 2. The number of hydrogen-bond acceptors (Lipinski definition) is 4. The van der Waals surface area contributed by atoms with Gasteiger partial charge in [-0.25, -0.2) is 0 Å². The lowest BCUT2D eigenvalue weighted by Crippen LogP contribution is -2.12. The van der Waals surface area contributed by atoms with Crippen molar-refractivity contribution < 1.29 is 4.79 Å². The number of nitrogens with zero attached hydrogens (tertiary/aromatic N) is 4. The quantitative estimate of drug-likeness (QED) is 0.747. The standard InChI is InChI=1S/C19H21N5O/c1-3-4-6-15-9-11-16(12-10-15)19(25)20-17-7-5-8-18(13-17)24-14(2)21-22-23-24/h5,7-13H,3-4,6H2,1-2H3,(H,20,25). The van der Waals surface area contributed by atoms with Crippen LogP contribution in [0, 0.1) is 6.92 Å². The number of unbranched alkanes of at least 4 members (excludes halogenated alkanes) is 1. The summed E-state index contributed by atoms with van der Waals surface area (Å²) in [6.45, 7) is 4.00. The van der Waals surface area contributed by atoms with E-state index in [4.69, 9.17) is 0 Å². The predicted octanol–water partition coefficient (Wildman–Crippen LogP) is 3.57. The second-order valence-electron chi connectivity index (χ2n) is 5.94. The van der Waals surface area contributed by atoms with Crippen LogP contribution in [0.4, 0.5) is 5.69 Å². The number of hydrogen-bond donors (Lipinski definition) is 1. The van der Waals surface area contributed by atoms with Crippen LogP contribution in [-0.4, -0.2) is 26.1 Å². The van der Waals surface area contributed by atoms with Crippen LogP contribution in [0.15, 0.2) is 48.5 Å². The first-order valence-electron chi connectivity index (χ1n) is 8.43. The summed E-state index contributed by atoms with van der Waals surface area (Å²) in [4.78, 5) is 12.4. The van der Waals surface area contributed by atoms with Gasteiger partial charge < -0.3 is 5.32 Å². The summed E-state index contributed by atoms with van der Waals surface area (Å²) in [5, 5.41) is 14.4. The smallest absolute Gasteiger partial charge is 0.255 e. The van der Waals surface area contributed by atoms with Gasteiger partial charge in [0.15, 0.2) is 5.82 Å². The highest BCUT2D eigenvalue weighted by Gasteiger charge is 2.08. The third-order valence-corrected chi connectivity index (χ3v) is 4.01. The Morgan fingerprint density at radius 1 is 1.16 bits per heavy atom. The number of rotatable bonds is 6. The highest BCUT2D eigenvalue weighted by molar-refractivity contribution is 6.04. The Morgan fingerprint density at radius 3 is 2.64 bits per heavy atom. The lowest BCUT2D eigenvalue weighted by atomic mass is 10.1. The van der Waals surface area contributed by atoms with Crippen molar-refractivity contribution >= 4 is 11.6 Å². The van der Waals surface area contributed by atoms with Crippen molar-refractivity contribution in [2.45, 2.75) is 33.1 Å². The molecule has 0 unspecified atom stereocenters. The topological polar surface area (TPSA) is 72.7 Å². The molecule has 0 saturated heterocycles. The second kappa shape index (κ2) is 7.70. The molecule has 0 saturated carbocycles. The van der Waals surface area contributed by atoms with Gasteiger partial charge in [0, 0.05) is 11.3 Å². The lowest BCUT2D eigenvalue weighted by molar-refractivity contribution is 0.102. The van der Waals surface area contributed by atoms with E-state index >= 15 is 0 Å². The highest BCUT2D eigenvalue weighted by Crippen LogP contribution is 2.16. The van der Waals surface area contributed by atoms with Crippen molar-refractivity contribution in [3.05, 3.63) is 65.5 Å². The molecule has 0 atom stereocenters. The number of amides is 1. The Balaban J connectivity index is 1.72. The van der Waals surface area contributed by atoms with Gasteiger partial charge in [-0.3, -0.25) is 4.79 Å². The van der Waals surface area contributed by atoms with Gasteiger partial charge in [0.05, 0.1) is 5.69 Å². The normalized spacial score (nSPS) is 10.6. The number of benzene rings is 2. The maximum atomic E-state index is 12.4. The van der Waals surface area contributed by atoms with E-state index in [1.807, 2.05) is 55.5 Å². The van der Waals surface area contributed by atoms with Gasteiger partial charge in [0.2, 0.25) is 0 Å². The molecule has 1 amide bonds. The summed E-state index contributed by atoms with van der Waals surface area (Å²) in [5.74, 6) is 0.554. The third kappa shape index (κ3) is 4.09. The Kier molecular flexibility index (Phi) is 5.18. The van der Waals surface area contributed by atoms with E-state index in [1.165, 1.54) is 12.0 Å². The summed E-state index contributed by atoms with van der Waals surface area (Å²) >= 11 is 0. The van der Waals surface area contributed by atoms with E-state index in [0.717, 1.165) is 18.5 Å². The van der Waals surface area contributed by atoms with Crippen LogP contribution in [0.5, 0.6) is 0 Å². The van der Waals surface area contributed by atoms with Gasteiger partial charge in [-0.1, -0.05) is 31.5 Å². The number of carbonyl (C=O) groups excluding carboxylic acids is 1. The zero-order chi connectivity index (χ0) is 17.6. The Labute approximate surface area is 146 Å². The van der Waals surface area contributed by atoms with E-state index in [9.17, 15) is 4.79 Å². The molecule has 0 aliphatic carbocycles. The predicted molar refractivity (Wildman–Crippen MR) is 96.9 cm³/mol. The van der Waals surface area contributed by atoms with Crippen LogP contribution in [0.2, 0.25) is 0 Å². The van der Waals surface area contributed by atoms with Crippen molar-refractivity contribution in [1.82, 2.24) is 20.2 Å². The molecule has 3 aromatic rings. The number of nitrogens with one attached hydrogen (secondary N) is 1. The first-order chi connectivity index (χ1) is 12.2. The van der Waals surface area contributed by atoms with Gasteiger partial charge in [0.1, 0.15) is 0 Å². The molecule has 3 rings (SSSR count). The highest BCUT2D eigenvalue weighted by atomic mass is 16.1. The average Bonchev–Trinajstić information content (AvgIpc) is 3.06. The van der Waals surface area contributed by atoms with E-state index in [1.54, 1.807) is 4.68 Å².